The van der Waals surface area contributed by atoms with Gasteiger partial charge in [0, 0.05) is 17.6 Å². The van der Waals surface area contributed by atoms with Gasteiger partial charge in [-0.1, -0.05) is 33.6 Å². The molecule has 0 fully saturated rings. The lowest BCUT2D eigenvalue weighted by atomic mass is 10.0. The molecule has 1 atom stereocenters. The fraction of sp³-hybridized carbons (Fsp3) is 0.667. The van der Waals surface area contributed by atoms with Crippen LogP contribution in [0.1, 0.15) is 51.4 Å². The molecule has 0 aliphatic heterocycles. The predicted molar refractivity (Wildman–Crippen MR) is 81.5 cm³/mol. The molecule has 106 valence electrons. The molecule has 0 amide bonds. The van der Waals surface area contributed by atoms with Gasteiger partial charge in [-0.25, -0.2) is 15.4 Å². The van der Waals surface area contributed by atoms with E-state index in [1.165, 1.54) is 19.3 Å². The number of nitrogens with one attached hydrogen (secondary N) is 1. The van der Waals surface area contributed by atoms with Gasteiger partial charge < -0.3 is 0 Å². The molecule has 0 saturated carbocycles. The second kappa shape index (κ2) is 7.87. The summed E-state index contributed by atoms with van der Waals surface area (Å²) in [6.07, 6.45) is 5.66. The first kappa shape index (κ1) is 15.6. The lowest BCUT2D eigenvalue weighted by molar-refractivity contribution is 0.514. The van der Waals surface area contributed by atoms with Crippen molar-refractivity contribution in [3.05, 3.63) is 17.5 Å². The third-order valence-corrected chi connectivity index (χ3v) is 2.92. The molecular formula is C15H26N4. The second-order valence-electron chi connectivity index (χ2n) is 5.67. The third-order valence-electron chi connectivity index (χ3n) is 2.92. The zero-order chi connectivity index (χ0) is 14.3. The molecule has 0 spiro atoms. The minimum absolute atomic E-state index is 0.483. The molecule has 19 heavy (non-hydrogen) atoms. The van der Waals surface area contributed by atoms with Crippen molar-refractivity contribution in [2.75, 3.05) is 5.43 Å². The Morgan fingerprint density at radius 3 is 2.37 bits per heavy atom. The summed E-state index contributed by atoms with van der Waals surface area (Å²) in [6.45, 7) is 10.6. The number of hydrogen-bond acceptors (Lipinski definition) is 4. The summed E-state index contributed by atoms with van der Waals surface area (Å²) in [7, 11) is 0. The van der Waals surface area contributed by atoms with Crippen molar-refractivity contribution in [3.63, 3.8) is 0 Å². The Kier molecular flexibility index (Phi) is 6.46. The molecule has 4 nitrogen and oxygen atoms in total. The average molecular weight is 262 g/mol. The zero-order valence-corrected chi connectivity index (χ0v) is 12.8. The van der Waals surface area contributed by atoms with Crippen LogP contribution in [0.5, 0.6) is 0 Å². The smallest absolute Gasteiger partial charge is 0.243 e. The van der Waals surface area contributed by atoms with Gasteiger partial charge in [0.1, 0.15) is 0 Å². The first-order valence-corrected chi connectivity index (χ1v) is 7.09. The number of anilines is 1. The number of aryl methyl sites for hydroxylation is 2. The van der Waals surface area contributed by atoms with Gasteiger partial charge in [0.15, 0.2) is 0 Å². The van der Waals surface area contributed by atoms with Crippen LogP contribution in [0.15, 0.2) is 11.2 Å². The molecule has 0 aromatic carbocycles. The van der Waals surface area contributed by atoms with E-state index in [1.54, 1.807) is 0 Å². The van der Waals surface area contributed by atoms with Crippen molar-refractivity contribution < 1.29 is 0 Å². The second-order valence-corrected chi connectivity index (χ2v) is 5.67. The highest BCUT2D eigenvalue weighted by molar-refractivity contribution is 5.61. The maximum Gasteiger partial charge on any atom is 0.243 e. The Labute approximate surface area is 116 Å². The standard InChI is InChI=1S/C15H26N4/c1-11(2)7-6-8-12(3)10-16-19-15-17-13(4)9-14(5)18-15/h9-12H,6-8H2,1-5H3,(H,17,18,19). The molecule has 0 bridgehead atoms. The summed E-state index contributed by atoms with van der Waals surface area (Å²) in [5, 5.41) is 4.22. The van der Waals surface area contributed by atoms with E-state index in [0.29, 0.717) is 11.9 Å². The molecule has 1 aromatic rings. The SMILES string of the molecule is Cc1cc(C)nc(NN=CC(C)CCCC(C)C)n1. The minimum Gasteiger partial charge on any atom is -0.245 e. The topological polar surface area (TPSA) is 50.2 Å². The van der Waals surface area contributed by atoms with Gasteiger partial charge in [-0.2, -0.15) is 5.10 Å². The number of rotatable bonds is 7. The van der Waals surface area contributed by atoms with E-state index in [0.717, 1.165) is 17.3 Å². The Morgan fingerprint density at radius 1 is 1.16 bits per heavy atom. The molecular weight excluding hydrogens is 236 g/mol. The molecule has 0 radical (unpaired) electrons. The highest BCUT2D eigenvalue weighted by Gasteiger charge is 2.01. The van der Waals surface area contributed by atoms with Gasteiger partial charge in [-0.3, -0.25) is 0 Å². The van der Waals surface area contributed by atoms with Gasteiger partial charge in [0.25, 0.3) is 0 Å². The first-order chi connectivity index (χ1) is 8.97. The predicted octanol–water partition coefficient (Wildman–Crippen LogP) is 3.95. The summed E-state index contributed by atoms with van der Waals surface area (Å²) < 4.78 is 0. The van der Waals surface area contributed by atoms with Crippen molar-refractivity contribution in [2.45, 2.75) is 53.9 Å². The summed E-state index contributed by atoms with van der Waals surface area (Å²) in [5.41, 5.74) is 4.81. The summed E-state index contributed by atoms with van der Waals surface area (Å²) in [4.78, 5) is 8.56. The van der Waals surface area contributed by atoms with Crippen LogP contribution >= 0.6 is 0 Å². The molecule has 1 heterocycles. The van der Waals surface area contributed by atoms with Gasteiger partial charge in [-0.05, 0) is 38.2 Å². The van der Waals surface area contributed by atoms with Crippen LogP contribution in [0, 0.1) is 25.7 Å². The van der Waals surface area contributed by atoms with Crippen LogP contribution in [0.4, 0.5) is 5.95 Å². The van der Waals surface area contributed by atoms with Crippen LogP contribution in [0.2, 0.25) is 0 Å². The molecule has 1 N–H and O–H groups in total. The summed E-state index contributed by atoms with van der Waals surface area (Å²) >= 11 is 0. The summed E-state index contributed by atoms with van der Waals surface area (Å²) in [6, 6.07) is 1.95. The number of hydrogen-bond donors (Lipinski definition) is 1. The first-order valence-electron chi connectivity index (χ1n) is 7.09. The Hall–Kier alpha value is -1.45. The molecule has 0 aliphatic carbocycles. The fourth-order valence-corrected chi connectivity index (χ4v) is 1.92. The van der Waals surface area contributed by atoms with E-state index >= 15 is 0 Å². The van der Waals surface area contributed by atoms with Gasteiger partial charge in [0.05, 0.1) is 0 Å². The van der Waals surface area contributed by atoms with Crippen molar-refractivity contribution in [1.29, 1.82) is 0 Å². The molecule has 1 unspecified atom stereocenters. The van der Waals surface area contributed by atoms with Crippen molar-refractivity contribution in [3.8, 4) is 0 Å². The average Bonchev–Trinajstić information content (AvgIpc) is 2.27. The monoisotopic (exact) mass is 262 g/mol. The highest BCUT2D eigenvalue weighted by atomic mass is 15.3. The van der Waals surface area contributed by atoms with Gasteiger partial charge >= 0.3 is 0 Å². The Bertz CT molecular complexity index is 392. The maximum absolute atomic E-state index is 4.28. The zero-order valence-electron chi connectivity index (χ0n) is 12.8. The van der Waals surface area contributed by atoms with Crippen molar-refractivity contribution in [2.24, 2.45) is 16.9 Å². The number of nitrogens with zero attached hydrogens (tertiary/aromatic N) is 3. The Balaban J connectivity index is 2.36. The maximum atomic E-state index is 4.28. The van der Waals surface area contributed by atoms with E-state index in [2.05, 4.69) is 41.3 Å². The normalized spacial score (nSPS) is 13.2. The van der Waals surface area contributed by atoms with Crippen LogP contribution in [-0.2, 0) is 0 Å². The van der Waals surface area contributed by atoms with Gasteiger partial charge in [-0.15, -0.1) is 0 Å². The quantitative estimate of drug-likeness (QED) is 0.598. The van der Waals surface area contributed by atoms with Crippen molar-refractivity contribution in [1.82, 2.24) is 9.97 Å². The van der Waals surface area contributed by atoms with Crippen LogP contribution in [-0.4, -0.2) is 16.2 Å². The molecule has 0 aliphatic rings. The highest BCUT2D eigenvalue weighted by Crippen LogP contribution is 2.11. The fourth-order valence-electron chi connectivity index (χ4n) is 1.92. The molecule has 1 aromatic heterocycles. The Morgan fingerprint density at radius 2 is 1.79 bits per heavy atom. The van der Waals surface area contributed by atoms with E-state index in [4.69, 9.17) is 0 Å². The molecule has 4 heteroatoms. The van der Waals surface area contributed by atoms with Crippen molar-refractivity contribution >= 4 is 12.2 Å². The largest absolute Gasteiger partial charge is 0.245 e. The van der Waals surface area contributed by atoms with Gasteiger partial charge in [0.2, 0.25) is 5.95 Å². The third kappa shape index (κ3) is 6.89. The number of aromatic nitrogens is 2. The molecule has 1 rings (SSSR count). The van der Waals surface area contributed by atoms with Crippen LogP contribution in [0.3, 0.4) is 0 Å². The van der Waals surface area contributed by atoms with E-state index in [1.807, 2.05) is 26.1 Å². The number of hydrazone groups is 1. The molecule has 0 saturated heterocycles. The van der Waals surface area contributed by atoms with E-state index in [9.17, 15) is 0 Å². The van der Waals surface area contributed by atoms with Crippen LogP contribution in [0.25, 0.3) is 0 Å². The minimum atomic E-state index is 0.483. The van der Waals surface area contributed by atoms with E-state index in [-0.39, 0.29) is 0 Å². The lowest BCUT2D eigenvalue weighted by Gasteiger charge is -2.07. The van der Waals surface area contributed by atoms with Crippen LogP contribution < -0.4 is 5.43 Å². The lowest BCUT2D eigenvalue weighted by Crippen LogP contribution is -2.03. The van der Waals surface area contributed by atoms with E-state index < -0.39 is 0 Å². The summed E-state index contributed by atoms with van der Waals surface area (Å²) in [5.74, 6) is 1.84.